The van der Waals surface area contributed by atoms with E-state index >= 15 is 0 Å². The highest BCUT2D eigenvalue weighted by Gasteiger charge is 2.40. The fourth-order valence-corrected chi connectivity index (χ4v) is 2.24. The van der Waals surface area contributed by atoms with Gasteiger partial charge in [-0.2, -0.15) is 0 Å². The largest absolute Gasteiger partial charge is 0.459 e. The predicted octanol–water partition coefficient (Wildman–Crippen LogP) is 1.45. The Morgan fingerprint density at radius 2 is 1.74 bits per heavy atom. The van der Waals surface area contributed by atoms with Crippen molar-refractivity contribution in [2.24, 2.45) is 0 Å². The minimum atomic E-state index is -0.822. The molecule has 124 valence electrons. The third kappa shape index (κ3) is 5.07. The molecule has 3 atom stereocenters. The number of rotatable bonds is 5. The van der Waals surface area contributed by atoms with Crippen molar-refractivity contribution in [3.63, 3.8) is 0 Å². The Morgan fingerprint density at radius 1 is 1.09 bits per heavy atom. The van der Waals surface area contributed by atoms with Crippen LogP contribution in [0.15, 0.2) is 30.3 Å². The zero-order valence-corrected chi connectivity index (χ0v) is 12.9. The van der Waals surface area contributed by atoms with Crippen LogP contribution in [0.25, 0.3) is 0 Å². The molecule has 7 nitrogen and oxygen atoms in total. The van der Waals surface area contributed by atoms with Crippen molar-refractivity contribution in [1.29, 1.82) is 0 Å². The maximum Gasteiger partial charge on any atom is 0.338 e. The van der Waals surface area contributed by atoms with Gasteiger partial charge in [-0.1, -0.05) is 18.2 Å². The molecule has 1 aliphatic rings. The fourth-order valence-electron chi connectivity index (χ4n) is 2.24. The molecule has 0 aliphatic carbocycles. The first kappa shape index (κ1) is 17.0. The summed E-state index contributed by atoms with van der Waals surface area (Å²) in [5, 5.41) is 0. The first-order chi connectivity index (χ1) is 11.0. The first-order valence-electron chi connectivity index (χ1n) is 7.17. The number of carbonyl (C=O) groups is 3. The van der Waals surface area contributed by atoms with Crippen molar-refractivity contribution < 1.29 is 33.3 Å². The summed E-state index contributed by atoms with van der Waals surface area (Å²) in [6.07, 6.45) is -1.94. The molecular formula is C16H18O7. The van der Waals surface area contributed by atoms with Crippen molar-refractivity contribution in [3.05, 3.63) is 35.9 Å². The molecule has 1 saturated heterocycles. The van der Waals surface area contributed by atoms with Crippen molar-refractivity contribution in [2.75, 3.05) is 6.61 Å². The summed E-state index contributed by atoms with van der Waals surface area (Å²) >= 11 is 0. The second kappa shape index (κ2) is 7.73. The van der Waals surface area contributed by atoms with Crippen molar-refractivity contribution >= 4 is 17.9 Å². The summed E-state index contributed by atoms with van der Waals surface area (Å²) in [6, 6.07) is 8.49. The zero-order valence-electron chi connectivity index (χ0n) is 12.9. The second-order valence-electron chi connectivity index (χ2n) is 5.06. The molecule has 0 aromatic heterocycles. The summed E-state index contributed by atoms with van der Waals surface area (Å²) in [4.78, 5) is 34.1. The van der Waals surface area contributed by atoms with Crippen LogP contribution < -0.4 is 0 Å². The van der Waals surface area contributed by atoms with E-state index in [1.54, 1.807) is 30.3 Å². The van der Waals surface area contributed by atoms with Crippen LogP contribution in [0.5, 0.6) is 0 Å². The molecule has 0 saturated carbocycles. The molecule has 2 rings (SSSR count). The van der Waals surface area contributed by atoms with Crippen molar-refractivity contribution in [3.8, 4) is 0 Å². The maximum atomic E-state index is 11.9. The van der Waals surface area contributed by atoms with E-state index in [1.165, 1.54) is 13.8 Å². The number of esters is 3. The van der Waals surface area contributed by atoms with E-state index < -0.39 is 36.4 Å². The molecular weight excluding hydrogens is 304 g/mol. The van der Waals surface area contributed by atoms with Crippen LogP contribution in [0.3, 0.4) is 0 Å². The molecule has 1 heterocycles. The number of benzene rings is 1. The summed E-state index contributed by atoms with van der Waals surface area (Å²) in [7, 11) is 0. The lowest BCUT2D eigenvalue weighted by Crippen LogP contribution is -2.31. The maximum absolute atomic E-state index is 11.9. The van der Waals surface area contributed by atoms with E-state index in [1.807, 2.05) is 0 Å². The Bertz CT molecular complexity index is 569. The molecule has 1 aliphatic heterocycles. The SMILES string of the molecule is CC(=O)OC1C[C@@H](OC(C)=O)[C@H](COC(=O)c2ccccc2)O1. The van der Waals surface area contributed by atoms with Crippen molar-refractivity contribution in [1.82, 2.24) is 0 Å². The molecule has 1 aromatic rings. The summed E-state index contributed by atoms with van der Waals surface area (Å²) in [5.41, 5.74) is 0.408. The lowest BCUT2D eigenvalue weighted by Gasteiger charge is -2.17. The average molecular weight is 322 g/mol. The van der Waals surface area contributed by atoms with E-state index in [2.05, 4.69) is 0 Å². The molecule has 1 fully saturated rings. The van der Waals surface area contributed by atoms with Crippen LogP contribution in [-0.4, -0.2) is 43.0 Å². The summed E-state index contributed by atoms with van der Waals surface area (Å²) in [6.45, 7) is 2.42. The lowest BCUT2D eigenvalue weighted by atomic mass is 10.2. The Labute approximate surface area is 133 Å². The highest BCUT2D eigenvalue weighted by Crippen LogP contribution is 2.25. The minimum absolute atomic E-state index is 0.108. The normalized spacial score (nSPS) is 23.1. The fraction of sp³-hybridized carbons (Fsp3) is 0.438. The number of hydrogen-bond donors (Lipinski definition) is 0. The van der Waals surface area contributed by atoms with Crippen LogP contribution in [-0.2, 0) is 28.5 Å². The Balaban J connectivity index is 1.93. The smallest absolute Gasteiger partial charge is 0.338 e. The molecule has 0 amide bonds. The zero-order chi connectivity index (χ0) is 16.8. The molecule has 0 bridgehead atoms. The highest BCUT2D eigenvalue weighted by molar-refractivity contribution is 5.89. The Hall–Kier alpha value is -2.41. The highest BCUT2D eigenvalue weighted by atomic mass is 16.7. The van der Waals surface area contributed by atoms with Gasteiger partial charge in [0.1, 0.15) is 18.8 Å². The van der Waals surface area contributed by atoms with Gasteiger partial charge in [-0.3, -0.25) is 9.59 Å². The molecule has 0 radical (unpaired) electrons. The Kier molecular flexibility index (Phi) is 5.70. The van der Waals surface area contributed by atoms with Crippen LogP contribution in [0.4, 0.5) is 0 Å². The van der Waals surface area contributed by atoms with Gasteiger partial charge in [0.25, 0.3) is 0 Å². The molecule has 1 aromatic carbocycles. The predicted molar refractivity (Wildman–Crippen MR) is 77.3 cm³/mol. The third-order valence-electron chi connectivity index (χ3n) is 3.17. The number of carbonyl (C=O) groups excluding carboxylic acids is 3. The van der Waals surface area contributed by atoms with Gasteiger partial charge in [-0.15, -0.1) is 0 Å². The van der Waals surface area contributed by atoms with E-state index in [0.29, 0.717) is 5.56 Å². The minimum Gasteiger partial charge on any atom is -0.459 e. The van der Waals surface area contributed by atoms with Gasteiger partial charge in [0.15, 0.2) is 0 Å². The van der Waals surface area contributed by atoms with Crippen molar-refractivity contribution in [2.45, 2.75) is 38.8 Å². The number of hydrogen-bond acceptors (Lipinski definition) is 7. The topological polar surface area (TPSA) is 88.1 Å². The molecule has 7 heteroatoms. The molecule has 0 N–H and O–H groups in total. The van der Waals surface area contributed by atoms with Gasteiger partial charge in [-0.25, -0.2) is 4.79 Å². The third-order valence-corrected chi connectivity index (χ3v) is 3.17. The monoisotopic (exact) mass is 322 g/mol. The summed E-state index contributed by atoms with van der Waals surface area (Å²) in [5.74, 6) is -1.49. The van der Waals surface area contributed by atoms with Gasteiger partial charge >= 0.3 is 17.9 Å². The lowest BCUT2D eigenvalue weighted by molar-refractivity contribution is -0.176. The van der Waals surface area contributed by atoms with Gasteiger partial charge in [0.05, 0.1) is 12.0 Å². The van der Waals surface area contributed by atoms with Crippen LogP contribution in [0.1, 0.15) is 30.6 Å². The standard InChI is InChI=1S/C16H18O7/c1-10(17)21-13-8-15(22-11(2)18)23-14(13)9-20-16(19)12-6-4-3-5-7-12/h3-7,13-15H,8-9H2,1-2H3/t13-,14+,15?/m1/s1. The van der Waals surface area contributed by atoms with E-state index in [4.69, 9.17) is 18.9 Å². The van der Waals surface area contributed by atoms with Gasteiger partial charge < -0.3 is 18.9 Å². The molecule has 0 spiro atoms. The van der Waals surface area contributed by atoms with Crippen LogP contribution in [0.2, 0.25) is 0 Å². The molecule has 23 heavy (non-hydrogen) atoms. The van der Waals surface area contributed by atoms with E-state index in [9.17, 15) is 14.4 Å². The van der Waals surface area contributed by atoms with Gasteiger partial charge in [0, 0.05) is 13.8 Å². The second-order valence-corrected chi connectivity index (χ2v) is 5.06. The average Bonchev–Trinajstić information content (AvgIpc) is 2.85. The van der Waals surface area contributed by atoms with Crippen LogP contribution in [0, 0.1) is 0 Å². The van der Waals surface area contributed by atoms with Crippen LogP contribution >= 0.6 is 0 Å². The van der Waals surface area contributed by atoms with Gasteiger partial charge in [0.2, 0.25) is 6.29 Å². The number of ether oxygens (including phenoxy) is 4. The van der Waals surface area contributed by atoms with E-state index in [-0.39, 0.29) is 13.0 Å². The Morgan fingerprint density at radius 3 is 2.35 bits per heavy atom. The molecule has 1 unspecified atom stereocenters. The first-order valence-corrected chi connectivity index (χ1v) is 7.17. The van der Waals surface area contributed by atoms with Gasteiger partial charge in [-0.05, 0) is 12.1 Å². The summed E-state index contributed by atoms with van der Waals surface area (Å²) < 4.78 is 20.7. The quantitative estimate of drug-likeness (QED) is 0.599. The van der Waals surface area contributed by atoms with E-state index in [0.717, 1.165) is 0 Å².